The quantitative estimate of drug-likeness (QED) is 0.476. The molecule has 0 unspecified atom stereocenters. The minimum absolute atomic E-state index is 0.286. The molecule has 120 valence electrons. The van der Waals surface area contributed by atoms with Gasteiger partial charge in [0.15, 0.2) is 5.82 Å². The van der Waals surface area contributed by atoms with Crippen LogP contribution in [0.4, 0.5) is 10.5 Å². The van der Waals surface area contributed by atoms with Gasteiger partial charge in [0.25, 0.3) is 0 Å². The normalized spacial score (nSPS) is 12.1. The Bertz CT molecular complexity index is 825. The average molecular weight is 360 g/mol. The van der Waals surface area contributed by atoms with Gasteiger partial charge in [-0.15, -0.1) is 0 Å². The Kier molecular flexibility index (Phi) is 4.93. The van der Waals surface area contributed by atoms with E-state index < -0.39 is 0 Å². The Balaban J connectivity index is 0.000000149. The number of nitrogens with zero attached hydrogens (tertiary/aromatic N) is 3. The zero-order chi connectivity index (χ0) is 16.9. The molecular weight excluding hydrogens is 349 g/mol. The summed E-state index contributed by atoms with van der Waals surface area (Å²) in [6.45, 7) is 0. The minimum Gasteiger partial charge on any atom is -0.308 e. The van der Waals surface area contributed by atoms with Crippen LogP contribution < -0.4 is 5.06 Å². The maximum absolute atomic E-state index is 10.4. The highest BCUT2D eigenvalue weighted by Crippen LogP contribution is 2.23. The lowest BCUT2D eigenvalue weighted by Crippen LogP contribution is -1.89. The molecule has 1 fully saturated rings. The average Bonchev–Trinajstić information content (AvgIpc) is 3.33. The van der Waals surface area contributed by atoms with Crippen LogP contribution >= 0.6 is 23.2 Å². The van der Waals surface area contributed by atoms with Gasteiger partial charge in [-0.05, 0) is 12.1 Å². The van der Waals surface area contributed by atoms with Gasteiger partial charge in [0, 0.05) is 11.6 Å². The Hall–Kier alpha value is -2.63. The molecule has 1 aliphatic rings. The van der Waals surface area contributed by atoms with Crippen molar-refractivity contribution >= 4 is 35.0 Å². The fourth-order valence-electron chi connectivity index (χ4n) is 1.89. The van der Waals surface area contributed by atoms with Crippen LogP contribution in [0, 0.1) is 0 Å². The highest BCUT2D eigenvalue weighted by molar-refractivity contribution is 6.33. The van der Waals surface area contributed by atoms with Crippen molar-refractivity contribution in [3.63, 3.8) is 0 Å². The number of rotatable bonds is 2. The zero-order valence-electron chi connectivity index (χ0n) is 12.3. The predicted octanol–water partition coefficient (Wildman–Crippen LogP) is 5.01. The molecule has 5 nitrogen and oxygen atoms in total. The Labute approximate surface area is 148 Å². The standard InChI is InChI=1S/C10H6Cl2N2.C7H5NO2/c11-8-6-9(12)14-10(13-8)7-4-2-1-3-5-7;9-7-8(10-7)6-4-2-1-3-5-6/h1-6H;1-5H. The maximum Gasteiger partial charge on any atom is 0.473 e. The summed E-state index contributed by atoms with van der Waals surface area (Å²) in [6, 6.07) is 20.3. The molecule has 0 saturated carbocycles. The molecule has 7 heteroatoms. The molecule has 0 spiro atoms. The molecule has 0 atom stereocenters. The molecule has 2 heterocycles. The summed E-state index contributed by atoms with van der Waals surface area (Å²) in [6.07, 6.45) is -0.286. The lowest BCUT2D eigenvalue weighted by molar-refractivity contribution is 0.248. The monoisotopic (exact) mass is 359 g/mol. The summed E-state index contributed by atoms with van der Waals surface area (Å²) in [7, 11) is 0. The predicted molar refractivity (Wildman–Crippen MR) is 92.9 cm³/mol. The molecule has 1 aromatic heterocycles. The first-order valence-corrected chi connectivity index (χ1v) is 7.72. The number of benzene rings is 2. The van der Waals surface area contributed by atoms with Gasteiger partial charge in [0.05, 0.1) is 5.69 Å². The molecule has 24 heavy (non-hydrogen) atoms. The SMILES string of the molecule is Clc1cc(Cl)nc(-c2ccccc2)n1.O=C1ON1c1ccccc1. The van der Waals surface area contributed by atoms with E-state index in [1.165, 1.54) is 11.1 Å². The molecule has 4 rings (SSSR count). The molecule has 3 aromatic rings. The molecule has 0 radical (unpaired) electrons. The van der Waals surface area contributed by atoms with Crippen molar-refractivity contribution in [1.29, 1.82) is 0 Å². The first-order chi connectivity index (χ1) is 11.6. The van der Waals surface area contributed by atoms with Crippen LogP contribution in [0.3, 0.4) is 0 Å². The summed E-state index contributed by atoms with van der Waals surface area (Å²) in [5.74, 6) is 0.545. The van der Waals surface area contributed by atoms with E-state index in [0.717, 1.165) is 11.3 Å². The Morgan fingerprint density at radius 2 is 1.33 bits per heavy atom. The maximum atomic E-state index is 10.4. The van der Waals surface area contributed by atoms with Crippen LogP contribution in [0.2, 0.25) is 10.3 Å². The number of aromatic nitrogens is 2. The molecule has 0 N–H and O–H groups in total. The van der Waals surface area contributed by atoms with Gasteiger partial charge in [0.2, 0.25) is 0 Å². The van der Waals surface area contributed by atoms with Crippen molar-refractivity contribution < 1.29 is 9.63 Å². The van der Waals surface area contributed by atoms with Crippen molar-refractivity contribution in [1.82, 2.24) is 9.97 Å². The van der Waals surface area contributed by atoms with Crippen LogP contribution in [-0.4, -0.2) is 16.1 Å². The van der Waals surface area contributed by atoms with E-state index >= 15 is 0 Å². The van der Waals surface area contributed by atoms with Crippen LogP contribution in [0.15, 0.2) is 66.7 Å². The Morgan fingerprint density at radius 1 is 0.833 bits per heavy atom. The second-order valence-corrected chi connectivity index (χ2v) is 5.46. The molecule has 1 aliphatic heterocycles. The number of para-hydroxylation sites is 1. The van der Waals surface area contributed by atoms with E-state index in [1.54, 1.807) is 0 Å². The van der Waals surface area contributed by atoms with Crippen molar-refractivity contribution in [2.75, 3.05) is 5.06 Å². The van der Waals surface area contributed by atoms with Gasteiger partial charge in [0.1, 0.15) is 10.3 Å². The number of halogens is 2. The van der Waals surface area contributed by atoms with Crippen LogP contribution in [0.25, 0.3) is 11.4 Å². The molecule has 1 saturated heterocycles. The fraction of sp³-hybridized carbons (Fsp3) is 0. The third-order valence-electron chi connectivity index (χ3n) is 2.99. The van der Waals surface area contributed by atoms with Gasteiger partial charge in [-0.1, -0.05) is 76.8 Å². The third kappa shape index (κ3) is 4.22. The molecule has 0 aliphatic carbocycles. The smallest absolute Gasteiger partial charge is 0.308 e. The minimum atomic E-state index is -0.286. The number of carbonyl (C=O) groups is 1. The zero-order valence-corrected chi connectivity index (χ0v) is 13.8. The van der Waals surface area contributed by atoms with Gasteiger partial charge in [-0.3, -0.25) is 0 Å². The molecule has 2 aromatic carbocycles. The first-order valence-electron chi connectivity index (χ1n) is 6.96. The lowest BCUT2D eigenvalue weighted by Gasteiger charge is -2.00. The van der Waals surface area contributed by atoms with Gasteiger partial charge < -0.3 is 4.84 Å². The summed E-state index contributed by atoms with van der Waals surface area (Å²) in [5, 5.41) is 1.94. The van der Waals surface area contributed by atoms with Crippen LogP contribution in [0.5, 0.6) is 0 Å². The van der Waals surface area contributed by atoms with Gasteiger partial charge in [-0.25, -0.2) is 14.8 Å². The molecular formula is C17H11Cl2N3O2. The van der Waals surface area contributed by atoms with Gasteiger partial charge in [-0.2, -0.15) is 0 Å². The second-order valence-electron chi connectivity index (χ2n) is 4.69. The van der Waals surface area contributed by atoms with E-state index in [2.05, 4.69) is 14.8 Å². The van der Waals surface area contributed by atoms with E-state index in [1.807, 2.05) is 60.7 Å². The number of amides is 1. The van der Waals surface area contributed by atoms with E-state index in [4.69, 9.17) is 23.2 Å². The summed E-state index contributed by atoms with van der Waals surface area (Å²) >= 11 is 11.5. The summed E-state index contributed by atoms with van der Waals surface area (Å²) in [4.78, 5) is 23.0. The highest BCUT2D eigenvalue weighted by Gasteiger charge is 2.35. The highest BCUT2D eigenvalue weighted by atomic mass is 35.5. The number of hydrogen-bond acceptors (Lipinski definition) is 4. The van der Waals surface area contributed by atoms with Crippen LogP contribution in [-0.2, 0) is 4.84 Å². The Morgan fingerprint density at radius 3 is 1.83 bits per heavy atom. The number of hydroxylamine groups is 1. The summed E-state index contributed by atoms with van der Waals surface area (Å²) < 4.78 is 0. The van der Waals surface area contributed by atoms with Crippen molar-refractivity contribution in [3.05, 3.63) is 77.0 Å². The van der Waals surface area contributed by atoms with Crippen LogP contribution in [0.1, 0.15) is 0 Å². The summed E-state index contributed by atoms with van der Waals surface area (Å²) in [5.41, 5.74) is 1.68. The van der Waals surface area contributed by atoms with Crippen molar-refractivity contribution in [2.24, 2.45) is 0 Å². The third-order valence-corrected chi connectivity index (χ3v) is 3.38. The van der Waals surface area contributed by atoms with E-state index in [-0.39, 0.29) is 6.09 Å². The molecule has 0 bridgehead atoms. The molecule has 1 amide bonds. The van der Waals surface area contributed by atoms with Crippen molar-refractivity contribution in [3.8, 4) is 11.4 Å². The van der Waals surface area contributed by atoms with Gasteiger partial charge >= 0.3 is 6.09 Å². The van der Waals surface area contributed by atoms with E-state index in [9.17, 15) is 4.79 Å². The fourth-order valence-corrected chi connectivity index (χ4v) is 2.31. The van der Waals surface area contributed by atoms with Crippen molar-refractivity contribution in [2.45, 2.75) is 0 Å². The van der Waals surface area contributed by atoms with E-state index in [0.29, 0.717) is 16.1 Å². The largest absolute Gasteiger partial charge is 0.473 e. The second kappa shape index (κ2) is 7.29. The lowest BCUT2D eigenvalue weighted by atomic mass is 10.2. The number of carbonyl (C=O) groups excluding carboxylic acids is 1. The number of anilines is 1. The topological polar surface area (TPSA) is 58.4 Å². The number of hydrogen-bond donors (Lipinski definition) is 0. The first kappa shape index (κ1) is 16.2.